The molecule has 3 aromatic rings. The summed E-state index contributed by atoms with van der Waals surface area (Å²) in [6.07, 6.45) is 1.77. The van der Waals surface area contributed by atoms with E-state index in [1.165, 1.54) is 0 Å². The average Bonchev–Trinajstić information content (AvgIpc) is 2.73. The van der Waals surface area contributed by atoms with E-state index in [-0.39, 0.29) is 0 Å². The van der Waals surface area contributed by atoms with Crippen molar-refractivity contribution in [1.82, 2.24) is 0 Å². The van der Waals surface area contributed by atoms with Crippen molar-refractivity contribution in [3.8, 4) is 17.2 Å². The van der Waals surface area contributed by atoms with Crippen LogP contribution in [-0.4, -0.2) is 27.5 Å². The minimum absolute atomic E-state index is 0.563. The molecule has 0 radical (unpaired) electrons. The molecule has 0 aliphatic carbocycles. The first kappa shape index (κ1) is 18.3. The van der Waals surface area contributed by atoms with Crippen molar-refractivity contribution in [3.63, 3.8) is 0 Å². The third-order valence-corrected chi connectivity index (χ3v) is 3.98. The fourth-order valence-electron chi connectivity index (χ4n) is 2.64. The van der Waals surface area contributed by atoms with Gasteiger partial charge in [-0.3, -0.25) is 4.99 Å². The molecular formula is C22H22N2O3. The number of nitrogens with zero attached hydrogens (tertiary/aromatic N) is 1. The predicted molar refractivity (Wildman–Crippen MR) is 110 cm³/mol. The van der Waals surface area contributed by atoms with Gasteiger partial charge in [0, 0.05) is 23.2 Å². The molecule has 0 aliphatic heterocycles. The number of aliphatic imine (C=N–C) groups is 1. The summed E-state index contributed by atoms with van der Waals surface area (Å²) in [6, 6.07) is 21.7. The smallest absolute Gasteiger partial charge is 0.203 e. The normalized spacial score (nSPS) is 10.6. The second-order valence-corrected chi connectivity index (χ2v) is 5.75. The minimum atomic E-state index is 0.563. The number of methoxy groups -OCH3 is 3. The third kappa shape index (κ3) is 4.58. The minimum Gasteiger partial charge on any atom is -0.493 e. The standard InChI is InChI=1S/C22H22N2O3/c1-25-20-13-16(14-21(26-2)22(20)27-3)15-23-17-9-11-19(12-10-17)24-18-7-5-4-6-8-18/h4-15,24H,1-3H3. The Morgan fingerprint density at radius 2 is 1.33 bits per heavy atom. The predicted octanol–water partition coefficient (Wildman–Crippen LogP) is 5.21. The Hall–Kier alpha value is -3.47. The van der Waals surface area contributed by atoms with E-state index in [2.05, 4.69) is 10.3 Å². The molecule has 5 nitrogen and oxygen atoms in total. The van der Waals surface area contributed by atoms with E-state index >= 15 is 0 Å². The molecule has 3 rings (SSSR count). The first-order chi connectivity index (χ1) is 13.2. The maximum absolute atomic E-state index is 5.37. The van der Waals surface area contributed by atoms with Crippen LogP contribution >= 0.6 is 0 Å². The monoisotopic (exact) mass is 362 g/mol. The second kappa shape index (κ2) is 8.76. The van der Waals surface area contributed by atoms with Crippen LogP contribution in [0, 0.1) is 0 Å². The summed E-state index contributed by atoms with van der Waals surface area (Å²) in [5.74, 6) is 1.76. The molecule has 138 valence electrons. The number of ether oxygens (including phenoxy) is 3. The van der Waals surface area contributed by atoms with E-state index in [1.54, 1.807) is 27.5 Å². The SMILES string of the molecule is COc1cc(C=Nc2ccc(Nc3ccccc3)cc2)cc(OC)c1OC. The van der Waals surface area contributed by atoms with E-state index < -0.39 is 0 Å². The number of nitrogens with one attached hydrogen (secondary N) is 1. The summed E-state index contributed by atoms with van der Waals surface area (Å²) in [5, 5.41) is 3.35. The molecular weight excluding hydrogens is 340 g/mol. The Morgan fingerprint density at radius 1 is 0.741 bits per heavy atom. The van der Waals surface area contributed by atoms with E-state index in [4.69, 9.17) is 14.2 Å². The van der Waals surface area contributed by atoms with Crippen LogP contribution in [-0.2, 0) is 0 Å². The zero-order valence-electron chi connectivity index (χ0n) is 15.6. The molecule has 0 amide bonds. The first-order valence-corrected chi connectivity index (χ1v) is 8.49. The highest BCUT2D eigenvalue weighted by molar-refractivity contribution is 5.84. The Kier molecular flexibility index (Phi) is 5.94. The lowest BCUT2D eigenvalue weighted by Gasteiger charge is -2.12. The second-order valence-electron chi connectivity index (χ2n) is 5.75. The van der Waals surface area contributed by atoms with Crippen molar-refractivity contribution in [2.45, 2.75) is 0 Å². The van der Waals surface area contributed by atoms with Gasteiger partial charge in [-0.15, -0.1) is 0 Å². The molecule has 3 aromatic carbocycles. The van der Waals surface area contributed by atoms with E-state index in [9.17, 15) is 0 Å². The molecule has 5 heteroatoms. The molecule has 0 unspecified atom stereocenters. The largest absolute Gasteiger partial charge is 0.493 e. The van der Waals surface area contributed by atoms with Crippen LogP contribution < -0.4 is 19.5 Å². The van der Waals surface area contributed by atoms with Gasteiger partial charge in [0.1, 0.15) is 0 Å². The molecule has 0 saturated carbocycles. The highest BCUT2D eigenvalue weighted by Crippen LogP contribution is 2.37. The van der Waals surface area contributed by atoms with Crippen LogP contribution in [0.3, 0.4) is 0 Å². The maximum atomic E-state index is 5.37. The van der Waals surface area contributed by atoms with Crippen molar-refractivity contribution < 1.29 is 14.2 Å². The summed E-state index contributed by atoms with van der Waals surface area (Å²) < 4.78 is 16.1. The van der Waals surface area contributed by atoms with Crippen molar-refractivity contribution in [2.24, 2.45) is 4.99 Å². The average molecular weight is 362 g/mol. The molecule has 0 atom stereocenters. The van der Waals surface area contributed by atoms with Gasteiger partial charge in [-0.1, -0.05) is 18.2 Å². The van der Waals surface area contributed by atoms with Crippen LogP contribution in [0.5, 0.6) is 17.2 Å². The number of rotatable bonds is 7. The van der Waals surface area contributed by atoms with E-state index in [0.29, 0.717) is 17.2 Å². The number of hydrogen-bond acceptors (Lipinski definition) is 5. The van der Waals surface area contributed by atoms with Crippen LogP contribution in [0.15, 0.2) is 71.7 Å². The Bertz CT molecular complexity index is 882. The number of para-hydroxylation sites is 1. The third-order valence-electron chi connectivity index (χ3n) is 3.98. The summed E-state index contributed by atoms with van der Waals surface area (Å²) in [4.78, 5) is 4.53. The van der Waals surface area contributed by atoms with Gasteiger partial charge in [-0.2, -0.15) is 0 Å². The van der Waals surface area contributed by atoms with Crippen molar-refractivity contribution in [2.75, 3.05) is 26.6 Å². The molecule has 1 N–H and O–H groups in total. The summed E-state index contributed by atoms with van der Waals surface area (Å²) in [7, 11) is 4.77. The molecule has 0 spiro atoms. The molecule has 27 heavy (non-hydrogen) atoms. The molecule has 0 heterocycles. The molecule has 0 aromatic heterocycles. The quantitative estimate of drug-likeness (QED) is 0.587. The highest BCUT2D eigenvalue weighted by atomic mass is 16.5. The Morgan fingerprint density at radius 3 is 1.89 bits per heavy atom. The zero-order chi connectivity index (χ0) is 19.1. The van der Waals surface area contributed by atoms with Gasteiger partial charge in [0.25, 0.3) is 0 Å². The van der Waals surface area contributed by atoms with E-state index in [1.807, 2.05) is 66.7 Å². The summed E-state index contributed by atoms with van der Waals surface area (Å²) in [6.45, 7) is 0. The fraction of sp³-hybridized carbons (Fsp3) is 0.136. The van der Waals surface area contributed by atoms with Gasteiger partial charge in [-0.05, 0) is 48.5 Å². The van der Waals surface area contributed by atoms with Crippen LogP contribution in [0.25, 0.3) is 0 Å². The van der Waals surface area contributed by atoms with Gasteiger partial charge in [0.2, 0.25) is 5.75 Å². The first-order valence-electron chi connectivity index (χ1n) is 8.49. The lowest BCUT2D eigenvalue weighted by molar-refractivity contribution is 0.324. The molecule has 0 bridgehead atoms. The number of anilines is 2. The summed E-state index contributed by atoms with van der Waals surface area (Å²) >= 11 is 0. The zero-order valence-corrected chi connectivity index (χ0v) is 15.6. The van der Waals surface area contributed by atoms with Crippen LogP contribution in [0.2, 0.25) is 0 Å². The van der Waals surface area contributed by atoms with Gasteiger partial charge in [0.05, 0.1) is 27.0 Å². The van der Waals surface area contributed by atoms with E-state index in [0.717, 1.165) is 22.6 Å². The molecule has 0 fully saturated rings. The van der Waals surface area contributed by atoms with Gasteiger partial charge in [0.15, 0.2) is 11.5 Å². The molecule has 0 saturated heterocycles. The Labute approximate surface area is 159 Å². The lowest BCUT2D eigenvalue weighted by Crippen LogP contribution is -1.96. The number of hydrogen-bond donors (Lipinski definition) is 1. The van der Waals surface area contributed by atoms with Crippen molar-refractivity contribution >= 4 is 23.3 Å². The Balaban J connectivity index is 1.76. The van der Waals surface area contributed by atoms with Gasteiger partial charge in [-0.25, -0.2) is 0 Å². The maximum Gasteiger partial charge on any atom is 0.203 e. The van der Waals surface area contributed by atoms with Crippen molar-refractivity contribution in [3.05, 3.63) is 72.3 Å². The topological polar surface area (TPSA) is 52.1 Å². The molecule has 0 aliphatic rings. The lowest BCUT2D eigenvalue weighted by atomic mass is 10.2. The summed E-state index contributed by atoms with van der Waals surface area (Å²) in [5.41, 5.74) is 3.76. The van der Waals surface area contributed by atoms with Crippen LogP contribution in [0.4, 0.5) is 17.1 Å². The number of benzene rings is 3. The van der Waals surface area contributed by atoms with Gasteiger partial charge >= 0.3 is 0 Å². The van der Waals surface area contributed by atoms with Crippen LogP contribution in [0.1, 0.15) is 5.56 Å². The van der Waals surface area contributed by atoms with Crippen molar-refractivity contribution in [1.29, 1.82) is 0 Å². The highest BCUT2D eigenvalue weighted by Gasteiger charge is 2.12. The van der Waals surface area contributed by atoms with Gasteiger partial charge < -0.3 is 19.5 Å². The fourth-order valence-corrected chi connectivity index (χ4v) is 2.64.